The highest BCUT2D eigenvalue weighted by atomic mass is 15.3. The van der Waals surface area contributed by atoms with Crippen LogP contribution in [-0.2, 0) is 0 Å². The zero-order valence-corrected chi connectivity index (χ0v) is 11.4. The number of nitrogens with one attached hydrogen (secondary N) is 1. The van der Waals surface area contributed by atoms with E-state index in [1.807, 2.05) is 0 Å². The average molecular weight is 243 g/mol. The van der Waals surface area contributed by atoms with Crippen LogP contribution in [0.2, 0.25) is 0 Å². The van der Waals surface area contributed by atoms with E-state index in [4.69, 9.17) is 5.26 Å². The van der Waals surface area contributed by atoms with Gasteiger partial charge >= 0.3 is 0 Å². The SMILES string of the molecule is Cc1ccc(N2CC(CC#N)NCC2(C)C)cc1. The Morgan fingerprint density at radius 3 is 2.67 bits per heavy atom. The molecule has 1 heterocycles. The van der Waals surface area contributed by atoms with Gasteiger partial charge in [0.2, 0.25) is 0 Å². The molecule has 1 aromatic rings. The number of piperazine rings is 1. The molecular formula is C15H21N3. The van der Waals surface area contributed by atoms with E-state index in [1.165, 1.54) is 11.3 Å². The summed E-state index contributed by atoms with van der Waals surface area (Å²) in [4.78, 5) is 2.41. The van der Waals surface area contributed by atoms with Crippen molar-refractivity contribution in [1.29, 1.82) is 5.26 Å². The number of benzene rings is 1. The van der Waals surface area contributed by atoms with Crippen molar-refractivity contribution in [2.24, 2.45) is 0 Å². The molecule has 1 aliphatic heterocycles. The van der Waals surface area contributed by atoms with E-state index in [9.17, 15) is 0 Å². The molecule has 1 unspecified atom stereocenters. The zero-order valence-electron chi connectivity index (χ0n) is 11.4. The lowest BCUT2D eigenvalue weighted by Gasteiger charge is -2.47. The van der Waals surface area contributed by atoms with E-state index in [0.717, 1.165) is 13.1 Å². The van der Waals surface area contributed by atoms with Crippen LogP contribution in [0.15, 0.2) is 24.3 Å². The van der Waals surface area contributed by atoms with Gasteiger partial charge in [0.15, 0.2) is 0 Å². The van der Waals surface area contributed by atoms with Crippen LogP contribution >= 0.6 is 0 Å². The Bertz CT molecular complexity index is 442. The second-order valence-electron chi connectivity index (χ2n) is 5.70. The molecular weight excluding hydrogens is 222 g/mol. The second-order valence-corrected chi connectivity index (χ2v) is 5.70. The van der Waals surface area contributed by atoms with Gasteiger partial charge in [-0.25, -0.2) is 0 Å². The summed E-state index contributed by atoms with van der Waals surface area (Å²) in [6.45, 7) is 8.38. The van der Waals surface area contributed by atoms with Crippen molar-refractivity contribution in [2.75, 3.05) is 18.0 Å². The molecule has 18 heavy (non-hydrogen) atoms. The quantitative estimate of drug-likeness (QED) is 0.867. The number of aryl methyl sites for hydroxylation is 1. The summed E-state index contributed by atoms with van der Waals surface area (Å²) in [5, 5.41) is 12.3. The van der Waals surface area contributed by atoms with Crippen LogP contribution in [0.25, 0.3) is 0 Å². The average Bonchev–Trinajstić information content (AvgIpc) is 2.33. The monoisotopic (exact) mass is 243 g/mol. The van der Waals surface area contributed by atoms with Crippen molar-refractivity contribution >= 4 is 5.69 Å². The van der Waals surface area contributed by atoms with E-state index in [0.29, 0.717) is 6.42 Å². The second kappa shape index (κ2) is 4.99. The molecule has 1 fully saturated rings. The van der Waals surface area contributed by atoms with Crippen LogP contribution in [0.3, 0.4) is 0 Å². The Labute approximate surface area is 109 Å². The van der Waals surface area contributed by atoms with Gasteiger partial charge in [-0.2, -0.15) is 5.26 Å². The molecule has 0 aliphatic carbocycles. The molecule has 0 aromatic heterocycles. The lowest BCUT2D eigenvalue weighted by molar-refractivity contribution is 0.325. The molecule has 3 nitrogen and oxygen atoms in total. The minimum absolute atomic E-state index is 0.0845. The van der Waals surface area contributed by atoms with Gasteiger partial charge in [-0.3, -0.25) is 0 Å². The third-order valence-electron chi connectivity index (χ3n) is 3.64. The number of hydrogen-bond acceptors (Lipinski definition) is 3. The van der Waals surface area contributed by atoms with E-state index in [-0.39, 0.29) is 11.6 Å². The molecule has 2 rings (SSSR count). The molecule has 0 saturated carbocycles. The fourth-order valence-corrected chi connectivity index (χ4v) is 2.45. The van der Waals surface area contributed by atoms with Crippen LogP contribution in [0.4, 0.5) is 5.69 Å². The van der Waals surface area contributed by atoms with Crippen LogP contribution in [-0.4, -0.2) is 24.7 Å². The molecule has 0 radical (unpaired) electrons. The van der Waals surface area contributed by atoms with Gasteiger partial charge in [0.25, 0.3) is 0 Å². The largest absolute Gasteiger partial charge is 0.364 e. The maximum atomic E-state index is 8.83. The molecule has 1 aliphatic rings. The van der Waals surface area contributed by atoms with Gasteiger partial charge in [-0.05, 0) is 32.9 Å². The first-order valence-corrected chi connectivity index (χ1v) is 6.47. The van der Waals surface area contributed by atoms with E-state index in [2.05, 4.69) is 61.3 Å². The van der Waals surface area contributed by atoms with Gasteiger partial charge in [-0.15, -0.1) is 0 Å². The highest BCUT2D eigenvalue weighted by Gasteiger charge is 2.33. The fourth-order valence-electron chi connectivity index (χ4n) is 2.45. The lowest BCUT2D eigenvalue weighted by Crippen LogP contribution is -2.62. The number of rotatable bonds is 2. The predicted molar refractivity (Wildman–Crippen MR) is 74.6 cm³/mol. The molecule has 3 heteroatoms. The maximum absolute atomic E-state index is 8.83. The number of nitriles is 1. The zero-order chi connectivity index (χ0) is 13.2. The first kappa shape index (κ1) is 12.9. The lowest BCUT2D eigenvalue weighted by atomic mass is 9.95. The Morgan fingerprint density at radius 2 is 2.06 bits per heavy atom. The molecule has 1 saturated heterocycles. The molecule has 1 aromatic carbocycles. The molecule has 0 amide bonds. The first-order chi connectivity index (χ1) is 8.53. The Balaban J connectivity index is 2.22. The van der Waals surface area contributed by atoms with Gasteiger partial charge < -0.3 is 10.2 Å². The number of nitrogens with zero attached hydrogens (tertiary/aromatic N) is 2. The smallest absolute Gasteiger partial charge is 0.0638 e. The summed E-state index contributed by atoms with van der Waals surface area (Å²) < 4.78 is 0. The summed E-state index contributed by atoms with van der Waals surface area (Å²) in [5.74, 6) is 0. The topological polar surface area (TPSA) is 39.1 Å². The molecule has 96 valence electrons. The fraction of sp³-hybridized carbons (Fsp3) is 0.533. The summed E-state index contributed by atoms with van der Waals surface area (Å²) >= 11 is 0. The molecule has 0 spiro atoms. The first-order valence-electron chi connectivity index (χ1n) is 6.47. The van der Waals surface area contributed by atoms with E-state index < -0.39 is 0 Å². The third-order valence-corrected chi connectivity index (χ3v) is 3.64. The van der Waals surface area contributed by atoms with Crippen LogP contribution < -0.4 is 10.2 Å². The number of hydrogen-bond donors (Lipinski definition) is 1. The van der Waals surface area contributed by atoms with Crippen molar-refractivity contribution in [3.8, 4) is 6.07 Å². The highest BCUT2D eigenvalue weighted by molar-refractivity contribution is 5.50. The summed E-state index contributed by atoms with van der Waals surface area (Å²) in [6, 6.07) is 11.2. The van der Waals surface area contributed by atoms with Crippen molar-refractivity contribution in [3.05, 3.63) is 29.8 Å². The summed E-state index contributed by atoms with van der Waals surface area (Å²) in [6.07, 6.45) is 0.568. The molecule has 0 bridgehead atoms. The molecule has 1 atom stereocenters. The van der Waals surface area contributed by atoms with Gasteiger partial charge in [0.05, 0.1) is 12.5 Å². The minimum Gasteiger partial charge on any atom is -0.364 e. The number of anilines is 1. The van der Waals surface area contributed by atoms with Crippen molar-refractivity contribution < 1.29 is 0 Å². The van der Waals surface area contributed by atoms with E-state index >= 15 is 0 Å². The van der Waals surface area contributed by atoms with Crippen LogP contribution in [0.5, 0.6) is 0 Å². The Kier molecular flexibility index (Phi) is 3.58. The minimum atomic E-state index is 0.0845. The van der Waals surface area contributed by atoms with Gasteiger partial charge in [0.1, 0.15) is 0 Å². The van der Waals surface area contributed by atoms with Gasteiger partial charge in [-0.1, -0.05) is 17.7 Å². The Morgan fingerprint density at radius 1 is 1.39 bits per heavy atom. The van der Waals surface area contributed by atoms with Crippen LogP contribution in [0, 0.1) is 18.3 Å². The normalized spacial score (nSPS) is 22.6. The highest BCUT2D eigenvalue weighted by Crippen LogP contribution is 2.27. The Hall–Kier alpha value is -1.53. The summed E-state index contributed by atoms with van der Waals surface area (Å²) in [5.41, 5.74) is 2.61. The van der Waals surface area contributed by atoms with E-state index in [1.54, 1.807) is 0 Å². The predicted octanol–water partition coefficient (Wildman–Crippen LogP) is 2.47. The van der Waals surface area contributed by atoms with Crippen molar-refractivity contribution in [2.45, 2.75) is 38.8 Å². The van der Waals surface area contributed by atoms with Crippen molar-refractivity contribution in [1.82, 2.24) is 5.32 Å². The van der Waals surface area contributed by atoms with Crippen LogP contribution in [0.1, 0.15) is 25.8 Å². The van der Waals surface area contributed by atoms with Crippen molar-refractivity contribution in [3.63, 3.8) is 0 Å². The third kappa shape index (κ3) is 2.65. The summed E-state index contributed by atoms with van der Waals surface area (Å²) in [7, 11) is 0. The standard InChI is InChI=1S/C15H21N3/c1-12-4-6-14(7-5-12)18-10-13(8-9-16)17-11-15(18,2)3/h4-7,13,17H,8,10-11H2,1-3H3. The van der Waals surface area contributed by atoms with Gasteiger partial charge in [0, 0.05) is 30.4 Å². The molecule has 1 N–H and O–H groups in total. The maximum Gasteiger partial charge on any atom is 0.0638 e.